The third-order valence-corrected chi connectivity index (χ3v) is 13.3. The van der Waals surface area contributed by atoms with Gasteiger partial charge in [0.25, 0.3) is 5.95 Å². The van der Waals surface area contributed by atoms with Gasteiger partial charge in [0.05, 0.1) is 24.2 Å². The van der Waals surface area contributed by atoms with E-state index in [1.54, 1.807) is 51.1 Å². The Labute approximate surface area is 411 Å². The highest BCUT2D eigenvalue weighted by Crippen LogP contribution is 2.26. The maximum Gasteiger partial charge on any atom is 0.326 e. The van der Waals surface area contributed by atoms with Crippen LogP contribution in [0.15, 0.2) is 61.2 Å². The zero-order valence-electron chi connectivity index (χ0n) is 40.4. The maximum atomic E-state index is 14.4. The highest BCUT2D eigenvalue weighted by molar-refractivity contribution is 8.00. The summed E-state index contributed by atoms with van der Waals surface area (Å²) in [5.74, 6) is -7.56. The summed E-state index contributed by atoms with van der Waals surface area (Å²) in [6, 6.07) is 4.39. The van der Waals surface area contributed by atoms with Gasteiger partial charge in [-0.2, -0.15) is 4.39 Å². The van der Waals surface area contributed by atoms with Crippen LogP contribution in [0.25, 0.3) is 0 Å². The van der Waals surface area contributed by atoms with Gasteiger partial charge in [-0.15, -0.1) is 11.8 Å². The van der Waals surface area contributed by atoms with Crippen molar-refractivity contribution in [3.8, 4) is 5.75 Å². The molecule has 2 aromatic heterocycles. The summed E-state index contributed by atoms with van der Waals surface area (Å²) in [6.45, 7) is 10.8. The van der Waals surface area contributed by atoms with Gasteiger partial charge in [0, 0.05) is 49.6 Å². The zero-order valence-corrected chi connectivity index (χ0v) is 41.3. The van der Waals surface area contributed by atoms with Crippen LogP contribution in [0.2, 0.25) is 0 Å². The molecule has 0 spiro atoms. The van der Waals surface area contributed by atoms with Gasteiger partial charge in [-0.05, 0) is 48.3 Å². The summed E-state index contributed by atoms with van der Waals surface area (Å²) in [6.07, 6.45) is 5.21. The second kappa shape index (κ2) is 27.7. The summed E-state index contributed by atoms with van der Waals surface area (Å²) in [5, 5.41) is 22.6. The number of amides is 7. The van der Waals surface area contributed by atoms with Gasteiger partial charge in [-0.25, -0.2) is 14.8 Å². The largest absolute Gasteiger partial charge is 0.489 e. The number of nitrogens with one attached hydrogen (secondary N) is 6. The van der Waals surface area contributed by atoms with Gasteiger partial charge in [0.15, 0.2) is 5.75 Å². The number of carboxylic acids is 1. The van der Waals surface area contributed by atoms with Gasteiger partial charge in [0.2, 0.25) is 41.4 Å². The lowest BCUT2D eigenvalue weighted by atomic mass is 9.94. The van der Waals surface area contributed by atoms with E-state index in [1.165, 1.54) is 30.9 Å². The average Bonchev–Trinajstić information content (AvgIpc) is 3.95. The molecular weight excluding hydrogens is 927 g/mol. The molecule has 1 aliphatic heterocycles. The van der Waals surface area contributed by atoms with Crippen LogP contribution >= 0.6 is 11.8 Å². The fourth-order valence-electron chi connectivity index (χ4n) is 7.49. The van der Waals surface area contributed by atoms with Crippen molar-refractivity contribution in [3.63, 3.8) is 0 Å². The highest BCUT2D eigenvalue weighted by Gasteiger charge is 2.40. The minimum absolute atomic E-state index is 0.0271. The third-order valence-electron chi connectivity index (χ3n) is 12.0. The van der Waals surface area contributed by atoms with E-state index in [-0.39, 0.29) is 62.7 Å². The number of rotatable bonds is 29. The number of imide groups is 1. The molecule has 4 rings (SSSR count). The van der Waals surface area contributed by atoms with Crippen LogP contribution in [-0.2, 0) is 51.2 Å². The monoisotopic (exact) mass is 993 g/mol. The molecule has 22 heteroatoms. The number of ether oxygens (including phenoxy) is 1. The Kier molecular flexibility index (Phi) is 22.2. The number of benzene rings is 1. The van der Waals surface area contributed by atoms with E-state index in [2.05, 4.69) is 41.5 Å². The molecule has 1 aliphatic rings. The first-order chi connectivity index (χ1) is 33.3. The molecule has 0 radical (unpaired) electrons. The van der Waals surface area contributed by atoms with Crippen molar-refractivity contribution in [1.82, 2.24) is 46.4 Å². The molecule has 3 aromatic rings. The van der Waals surface area contributed by atoms with E-state index in [4.69, 9.17) is 10.5 Å². The van der Waals surface area contributed by atoms with Gasteiger partial charge < -0.3 is 47.1 Å². The molecule has 3 heterocycles. The van der Waals surface area contributed by atoms with E-state index >= 15 is 0 Å². The average molecular weight is 994 g/mol. The number of H-pyrrole nitrogens is 1. The molecule has 0 bridgehead atoms. The fourth-order valence-corrected chi connectivity index (χ4v) is 8.61. The molecule has 0 saturated carbocycles. The van der Waals surface area contributed by atoms with Crippen molar-refractivity contribution >= 4 is 59.1 Å². The molecule has 1 unspecified atom stereocenters. The maximum absolute atomic E-state index is 14.4. The molecule has 20 nitrogen and oxygen atoms in total. The summed E-state index contributed by atoms with van der Waals surface area (Å²) in [4.78, 5) is 120. The van der Waals surface area contributed by atoms with Crippen LogP contribution in [0.1, 0.15) is 84.9 Å². The standard InChI is InChI=1S/C48H67FN10O10S/c1-7-28(5)39(46(65)58-40(48(67)68)29(6)8-2)57-45(64)33(20-27(3)4)55-43(62)34(21-30-14-10-9-11-15-30)56-44(63)35(22-31-24-51-26-53-31)54-42(61)32(50)25-70-37-23-38(60)59(47(37)66)18-13-19-69-36-16-12-17-52-41(36)49/h9-12,14-17,24,26-29,32-35,37,39-40H,7-8,13,18-23,25,50H2,1-6H3,(H,51,53)(H,54,61)(H,55,62)(H,56,63)(H,57,64)(H,58,65)(H,67,68)/t28-,29-,32-,33-,34-,35-,37?,39-,40-/m0/s1/i49-1. The molecule has 0 aliphatic carbocycles. The van der Waals surface area contributed by atoms with E-state index in [9.17, 15) is 47.9 Å². The predicted molar refractivity (Wildman–Crippen MR) is 258 cm³/mol. The Bertz CT molecular complexity index is 2240. The fraction of sp³-hybridized carbons (Fsp3) is 0.542. The first-order valence-electron chi connectivity index (χ1n) is 23.5. The number of nitrogens with two attached hydrogens (primary N) is 1. The minimum Gasteiger partial charge on any atom is -0.489 e. The molecule has 1 saturated heterocycles. The van der Waals surface area contributed by atoms with Crippen LogP contribution in [0.4, 0.5) is 4.39 Å². The van der Waals surface area contributed by atoms with Crippen LogP contribution in [0.5, 0.6) is 5.75 Å². The van der Waals surface area contributed by atoms with Crippen molar-refractivity contribution in [2.75, 3.05) is 18.9 Å². The molecule has 9 N–H and O–H groups in total. The quantitative estimate of drug-likeness (QED) is 0.0281. The van der Waals surface area contributed by atoms with Gasteiger partial charge >= 0.3 is 5.97 Å². The summed E-state index contributed by atoms with van der Waals surface area (Å²) >= 11 is 1.02. The lowest BCUT2D eigenvalue weighted by molar-refractivity contribution is -0.144. The smallest absolute Gasteiger partial charge is 0.326 e. The van der Waals surface area contributed by atoms with Gasteiger partial charge in [-0.3, -0.25) is 38.5 Å². The van der Waals surface area contributed by atoms with Gasteiger partial charge in [-0.1, -0.05) is 84.7 Å². The topological polar surface area (TPSA) is 297 Å². The normalized spacial score (nSPS) is 17.0. The zero-order chi connectivity index (χ0) is 51.5. The minimum atomic E-state index is -1.31. The number of hydrogen-bond acceptors (Lipinski definition) is 13. The Hall–Kier alpha value is -6.42. The van der Waals surface area contributed by atoms with Crippen molar-refractivity contribution in [3.05, 3.63) is 78.4 Å². The number of carbonyl (C=O) groups is 8. The van der Waals surface area contributed by atoms with Gasteiger partial charge in [0.1, 0.15) is 30.2 Å². The number of aliphatic carboxylic acids is 1. The predicted octanol–water partition coefficient (Wildman–Crippen LogP) is 2.03. The number of nitrogens with zero attached hydrogens (tertiary/aromatic N) is 3. The van der Waals surface area contributed by atoms with E-state index in [0.717, 1.165) is 16.7 Å². The second-order valence-corrected chi connectivity index (χ2v) is 19.1. The van der Waals surface area contributed by atoms with E-state index < -0.39 is 107 Å². The summed E-state index contributed by atoms with van der Waals surface area (Å²) in [7, 11) is 0. The SMILES string of the molecule is CC[C@H](C)[C@H](NC(=O)[C@@H](NC(=O)[C@H](CC(C)C)NC(=O)[C@H](Cc1ccccc1)NC(=O)[C@H](Cc1cnc[nH]1)NC(=O)[C@@H](N)CSC1CC(=O)N(CCCOc2cccnc2[18F])C1=O)[C@@H](C)CC)C(=O)O. The number of likely N-dealkylation sites (tertiary alicyclic amines) is 1. The summed E-state index contributed by atoms with van der Waals surface area (Å²) < 4.78 is 19.2. The molecular formula is C48H67FN10O10S. The van der Waals surface area contributed by atoms with E-state index in [0.29, 0.717) is 24.1 Å². The number of carbonyl (C=O) groups excluding carboxylic acids is 7. The van der Waals surface area contributed by atoms with Crippen molar-refractivity contribution in [1.29, 1.82) is 0 Å². The Morgan fingerprint density at radius 2 is 1.46 bits per heavy atom. The molecule has 70 heavy (non-hydrogen) atoms. The van der Waals surface area contributed by atoms with Crippen LogP contribution < -0.4 is 37.1 Å². The number of halogens is 1. The van der Waals surface area contributed by atoms with Crippen molar-refractivity contribution in [2.45, 2.75) is 128 Å². The Balaban J connectivity index is 1.46. The Morgan fingerprint density at radius 1 is 0.843 bits per heavy atom. The second-order valence-electron chi connectivity index (χ2n) is 17.9. The van der Waals surface area contributed by atoms with Crippen LogP contribution in [0, 0.1) is 23.7 Å². The third kappa shape index (κ3) is 16.9. The Morgan fingerprint density at radius 3 is 2.07 bits per heavy atom. The van der Waals surface area contributed by atoms with Crippen LogP contribution in [-0.4, -0.2) is 133 Å². The lowest BCUT2D eigenvalue weighted by Crippen LogP contribution is -2.61. The van der Waals surface area contributed by atoms with Crippen molar-refractivity contribution in [2.24, 2.45) is 23.5 Å². The first-order valence-corrected chi connectivity index (χ1v) is 24.6. The molecule has 1 fully saturated rings. The molecule has 7 amide bonds. The van der Waals surface area contributed by atoms with Crippen molar-refractivity contribution < 1.29 is 52.6 Å². The number of thioether (sulfide) groups is 1. The summed E-state index contributed by atoms with van der Waals surface area (Å²) in [5.41, 5.74) is 7.44. The number of aromatic nitrogens is 3. The first kappa shape index (κ1) is 56.2. The number of aromatic amines is 1. The van der Waals surface area contributed by atoms with Crippen LogP contribution in [0.3, 0.4) is 0 Å². The lowest BCUT2D eigenvalue weighted by Gasteiger charge is -2.30. The number of imidazole rings is 1. The number of hydrogen-bond donors (Lipinski definition) is 8. The molecule has 382 valence electrons. The molecule has 1 aromatic carbocycles. The van der Waals surface area contributed by atoms with E-state index in [1.807, 2.05) is 20.8 Å². The molecule has 9 atom stereocenters. The number of carboxylic acid groups (broad SMARTS) is 1. The number of pyridine rings is 1. The highest BCUT2D eigenvalue weighted by atomic mass is 32.2.